The largest absolute Gasteiger partial charge is 0.494 e. The van der Waals surface area contributed by atoms with Crippen LogP contribution < -0.4 is 4.74 Å². The van der Waals surface area contributed by atoms with Crippen LogP contribution >= 0.6 is 0 Å². The van der Waals surface area contributed by atoms with Crippen LogP contribution in [0.25, 0.3) is 0 Å². The normalized spacial score (nSPS) is 10.6. The Kier molecular flexibility index (Phi) is 5.20. The molecule has 94 valence electrons. The molecule has 0 amide bonds. The van der Waals surface area contributed by atoms with Crippen molar-refractivity contribution in [2.75, 3.05) is 6.61 Å². The molecule has 0 bridgehead atoms. The van der Waals surface area contributed by atoms with Crippen molar-refractivity contribution in [1.29, 1.82) is 0 Å². The van der Waals surface area contributed by atoms with E-state index in [2.05, 4.69) is 32.9 Å². The number of benzene rings is 1. The molecule has 0 atom stereocenters. The number of ether oxygens (including phenoxy) is 1. The van der Waals surface area contributed by atoms with Crippen LogP contribution in [0, 0.1) is 6.92 Å². The van der Waals surface area contributed by atoms with Crippen LogP contribution in [0.5, 0.6) is 5.75 Å². The second-order valence-electron chi connectivity index (χ2n) is 4.83. The molecule has 0 N–H and O–H groups in total. The number of Topliss-reactive ketones (excluding diaryl/α,β-unsaturated/α-hetero) is 1. The van der Waals surface area contributed by atoms with Crippen LogP contribution in [0.2, 0.25) is 0 Å². The van der Waals surface area contributed by atoms with Gasteiger partial charge in [-0.25, -0.2) is 0 Å². The van der Waals surface area contributed by atoms with Crippen molar-refractivity contribution >= 4 is 5.78 Å². The Morgan fingerprint density at radius 3 is 2.59 bits per heavy atom. The van der Waals surface area contributed by atoms with Gasteiger partial charge in [-0.15, -0.1) is 0 Å². The Balaban J connectivity index is 2.50. The number of aryl methyl sites for hydroxylation is 1. The van der Waals surface area contributed by atoms with Crippen molar-refractivity contribution in [1.82, 2.24) is 0 Å². The van der Waals surface area contributed by atoms with Gasteiger partial charge in [0.15, 0.2) is 0 Å². The van der Waals surface area contributed by atoms with Gasteiger partial charge in [-0.05, 0) is 49.4 Å². The van der Waals surface area contributed by atoms with E-state index < -0.39 is 0 Å². The molecule has 2 heteroatoms. The third-order valence-electron chi connectivity index (χ3n) is 2.81. The van der Waals surface area contributed by atoms with Crippen molar-refractivity contribution in [3.05, 3.63) is 29.3 Å². The first kappa shape index (κ1) is 13.8. The average Bonchev–Trinajstić information content (AvgIpc) is 2.23. The Bertz CT molecular complexity index is 381. The van der Waals surface area contributed by atoms with E-state index in [1.165, 1.54) is 11.1 Å². The zero-order valence-electron chi connectivity index (χ0n) is 11.2. The van der Waals surface area contributed by atoms with Gasteiger partial charge in [0.25, 0.3) is 0 Å². The maximum absolute atomic E-state index is 10.8. The van der Waals surface area contributed by atoms with Crippen molar-refractivity contribution < 1.29 is 9.53 Å². The SMILES string of the molecule is CC(=O)CCCOc1ccc(C(C)C)c(C)c1. The second kappa shape index (κ2) is 6.43. The first-order valence-electron chi connectivity index (χ1n) is 6.23. The zero-order valence-corrected chi connectivity index (χ0v) is 11.2. The number of carbonyl (C=O) groups is 1. The van der Waals surface area contributed by atoms with E-state index in [9.17, 15) is 4.79 Å². The maximum atomic E-state index is 10.8. The highest BCUT2D eigenvalue weighted by atomic mass is 16.5. The highest BCUT2D eigenvalue weighted by molar-refractivity contribution is 5.75. The van der Waals surface area contributed by atoms with Crippen molar-refractivity contribution in [3.8, 4) is 5.75 Å². The van der Waals surface area contributed by atoms with Gasteiger partial charge in [-0.2, -0.15) is 0 Å². The van der Waals surface area contributed by atoms with Gasteiger partial charge in [0.05, 0.1) is 6.61 Å². The minimum Gasteiger partial charge on any atom is -0.494 e. The molecule has 2 nitrogen and oxygen atoms in total. The molecule has 1 rings (SSSR count). The molecular formula is C15H22O2. The van der Waals surface area contributed by atoms with Crippen molar-refractivity contribution in [2.45, 2.75) is 46.5 Å². The van der Waals surface area contributed by atoms with Gasteiger partial charge in [-0.3, -0.25) is 0 Å². The summed E-state index contributed by atoms with van der Waals surface area (Å²) < 4.78 is 5.62. The lowest BCUT2D eigenvalue weighted by molar-refractivity contribution is -0.117. The molecule has 0 spiro atoms. The summed E-state index contributed by atoms with van der Waals surface area (Å²) in [5, 5.41) is 0. The lowest BCUT2D eigenvalue weighted by Gasteiger charge is -2.12. The fourth-order valence-corrected chi connectivity index (χ4v) is 1.90. The number of rotatable bonds is 6. The summed E-state index contributed by atoms with van der Waals surface area (Å²) in [7, 11) is 0. The Labute approximate surface area is 104 Å². The van der Waals surface area contributed by atoms with Gasteiger partial charge < -0.3 is 9.53 Å². The molecule has 0 heterocycles. The Hall–Kier alpha value is -1.31. The van der Waals surface area contributed by atoms with Crippen LogP contribution in [0.4, 0.5) is 0 Å². The minimum absolute atomic E-state index is 0.222. The van der Waals surface area contributed by atoms with E-state index in [1.807, 2.05) is 6.07 Å². The summed E-state index contributed by atoms with van der Waals surface area (Å²) in [6.07, 6.45) is 1.39. The summed E-state index contributed by atoms with van der Waals surface area (Å²) in [5.41, 5.74) is 2.63. The predicted octanol–water partition coefficient (Wildman–Crippen LogP) is 3.87. The van der Waals surface area contributed by atoms with Gasteiger partial charge in [0.2, 0.25) is 0 Å². The van der Waals surface area contributed by atoms with E-state index in [4.69, 9.17) is 4.74 Å². The number of carbonyl (C=O) groups excluding carboxylic acids is 1. The molecule has 0 fully saturated rings. The predicted molar refractivity (Wildman–Crippen MR) is 70.7 cm³/mol. The van der Waals surface area contributed by atoms with Crippen LogP contribution in [-0.4, -0.2) is 12.4 Å². The molecule has 0 saturated heterocycles. The summed E-state index contributed by atoms with van der Waals surface area (Å²) in [5.74, 6) is 1.66. The fraction of sp³-hybridized carbons (Fsp3) is 0.533. The second-order valence-corrected chi connectivity index (χ2v) is 4.83. The third kappa shape index (κ3) is 4.59. The van der Waals surface area contributed by atoms with E-state index in [-0.39, 0.29) is 5.78 Å². The van der Waals surface area contributed by atoms with Crippen LogP contribution in [0.3, 0.4) is 0 Å². The highest BCUT2D eigenvalue weighted by Gasteiger charge is 2.04. The number of hydrogen-bond acceptors (Lipinski definition) is 2. The van der Waals surface area contributed by atoms with Gasteiger partial charge >= 0.3 is 0 Å². The summed E-state index contributed by atoms with van der Waals surface area (Å²) in [6.45, 7) is 8.71. The van der Waals surface area contributed by atoms with Gasteiger partial charge in [0, 0.05) is 6.42 Å². The Morgan fingerprint density at radius 2 is 2.06 bits per heavy atom. The maximum Gasteiger partial charge on any atom is 0.129 e. The number of ketones is 1. The molecule has 0 aromatic heterocycles. The van der Waals surface area contributed by atoms with Gasteiger partial charge in [-0.1, -0.05) is 19.9 Å². The molecule has 0 saturated carbocycles. The highest BCUT2D eigenvalue weighted by Crippen LogP contribution is 2.23. The lowest BCUT2D eigenvalue weighted by atomic mass is 9.98. The van der Waals surface area contributed by atoms with E-state index in [0.29, 0.717) is 18.9 Å². The molecule has 17 heavy (non-hydrogen) atoms. The molecule has 1 aromatic rings. The number of hydrogen-bond donors (Lipinski definition) is 0. The smallest absolute Gasteiger partial charge is 0.129 e. The summed E-state index contributed by atoms with van der Waals surface area (Å²) >= 11 is 0. The zero-order chi connectivity index (χ0) is 12.8. The van der Waals surface area contributed by atoms with Crippen LogP contribution in [0.1, 0.15) is 50.7 Å². The molecule has 0 unspecified atom stereocenters. The quantitative estimate of drug-likeness (QED) is 0.698. The minimum atomic E-state index is 0.222. The molecule has 0 aliphatic rings. The summed E-state index contributed by atoms with van der Waals surface area (Å²) in [4.78, 5) is 10.8. The van der Waals surface area contributed by atoms with E-state index >= 15 is 0 Å². The first-order chi connectivity index (χ1) is 8.00. The molecule has 0 radical (unpaired) electrons. The molecule has 0 aliphatic heterocycles. The van der Waals surface area contributed by atoms with Crippen molar-refractivity contribution in [3.63, 3.8) is 0 Å². The standard InChI is InChI=1S/C15H22O2/c1-11(2)15-8-7-14(10-12(15)3)17-9-5-6-13(4)16/h7-8,10-11H,5-6,9H2,1-4H3. The topological polar surface area (TPSA) is 26.3 Å². The molecule has 1 aromatic carbocycles. The summed E-state index contributed by atoms with van der Waals surface area (Å²) in [6, 6.07) is 6.21. The van der Waals surface area contributed by atoms with Crippen molar-refractivity contribution in [2.24, 2.45) is 0 Å². The first-order valence-corrected chi connectivity index (χ1v) is 6.23. The molecule has 0 aliphatic carbocycles. The van der Waals surface area contributed by atoms with E-state index in [1.54, 1.807) is 6.92 Å². The van der Waals surface area contributed by atoms with Gasteiger partial charge in [0.1, 0.15) is 11.5 Å². The fourth-order valence-electron chi connectivity index (χ4n) is 1.90. The lowest BCUT2D eigenvalue weighted by Crippen LogP contribution is -2.01. The molecular weight excluding hydrogens is 212 g/mol. The van der Waals surface area contributed by atoms with E-state index in [0.717, 1.165) is 12.2 Å². The van der Waals surface area contributed by atoms with Crippen LogP contribution in [0.15, 0.2) is 18.2 Å². The third-order valence-corrected chi connectivity index (χ3v) is 2.81. The average molecular weight is 234 g/mol. The monoisotopic (exact) mass is 234 g/mol. The van der Waals surface area contributed by atoms with Crippen LogP contribution in [-0.2, 0) is 4.79 Å². The Morgan fingerprint density at radius 1 is 1.35 bits per heavy atom.